The number of aromatic amines is 1. The van der Waals surface area contributed by atoms with Crippen LogP contribution in [0.1, 0.15) is 10.6 Å². The molecule has 1 amide bonds. The summed E-state index contributed by atoms with van der Waals surface area (Å²) in [5.41, 5.74) is 1.70. The Labute approximate surface area is 178 Å². The van der Waals surface area contributed by atoms with E-state index in [0.717, 1.165) is 5.56 Å². The van der Waals surface area contributed by atoms with Gasteiger partial charge in [-0.3, -0.25) is 9.48 Å². The molecule has 2 fully saturated rings. The maximum absolute atomic E-state index is 13.0. The molecule has 0 unspecified atom stereocenters. The lowest BCUT2D eigenvalue weighted by Crippen LogP contribution is -2.44. The first-order chi connectivity index (χ1) is 14.9. The van der Waals surface area contributed by atoms with Crippen LogP contribution in [0.2, 0.25) is 0 Å². The van der Waals surface area contributed by atoms with E-state index in [1.165, 1.54) is 4.90 Å². The number of rotatable bonds is 3. The minimum Gasteiger partial charge on any atom is -0.378 e. The Kier molecular flexibility index (Phi) is 4.85. The first-order valence-electron chi connectivity index (χ1n) is 9.99. The summed E-state index contributed by atoms with van der Waals surface area (Å²) in [7, 11) is -1.27. The number of morpholine rings is 1. The highest BCUT2D eigenvalue weighted by Gasteiger charge is 2.29. The van der Waals surface area contributed by atoms with Gasteiger partial charge in [0.1, 0.15) is 0 Å². The highest BCUT2D eigenvalue weighted by atomic mass is 32.2. The molecule has 0 atom stereocenters. The zero-order valence-electron chi connectivity index (χ0n) is 17.0. The SMILES string of the molecule is Cn1cc(-c2nc(N3CCOCC3)c3nc(C(=O)N4CCS(=O)(=O)CC4)[nH]c3n2)cn1. The number of hydrogen-bond donors (Lipinski definition) is 1. The minimum absolute atomic E-state index is 0.0387. The number of sulfone groups is 1. The van der Waals surface area contributed by atoms with Crippen LogP contribution >= 0.6 is 0 Å². The van der Waals surface area contributed by atoms with Gasteiger partial charge in [0.05, 0.1) is 36.5 Å². The van der Waals surface area contributed by atoms with Crippen molar-refractivity contribution in [1.29, 1.82) is 0 Å². The van der Waals surface area contributed by atoms with Crippen molar-refractivity contribution < 1.29 is 17.9 Å². The monoisotopic (exact) mass is 446 g/mol. The largest absolute Gasteiger partial charge is 0.378 e. The van der Waals surface area contributed by atoms with Crippen molar-refractivity contribution in [2.75, 3.05) is 55.8 Å². The van der Waals surface area contributed by atoms with Gasteiger partial charge in [-0.1, -0.05) is 0 Å². The topological polar surface area (TPSA) is 139 Å². The molecular formula is C18H22N8O4S. The predicted octanol–water partition coefficient (Wildman–Crippen LogP) is -0.539. The Morgan fingerprint density at radius 2 is 1.84 bits per heavy atom. The maximum atomic E-state index is 13.0. The Bertz CT molecular complexity index is 1230. The van der Waals surface area contributed by atoms with Gasteiger partial charge >= 0.3 is 0 Å². The van der Waals surface area contributed by atoms with Gasteiger partial charge in [-0.05, 0) is 0 Å². The first kappa shape index (κ1) is 19.9. The molecule has 12 nitrogen and oxygen atoms in total. The molecule has 0 aliphatic carbocycles. The zero-order chi connectivity index (χ0) is 21.6. The molecule has 2 aliphatic rings. The average molecular weight is 446 g/mol. The minimum atomic E-state index is -3.08. The number of aromatic nitrogens is 6. The van der Waals surface area contributed by atoms with Gasteiger partial charge in [0.25, 0.3) is 5.91 Å². The molecule has 31 heavy (non-hydrogen) atoms. The van der Waals surface area contributed by atoms with Gasteiger partial charge in [-0.25, -0.2) is 23.4 Å². The van der Waals surface area contributed by atoms with E-state index in [1.807, 2.05) is 13.2 Å². The van der Waals surface area contributed by atoms with Gasteiger partial charge in [0, 0.05) is 39.4 Å². The quantitative estimate of drug-likeness (QED) is 0.562. The molecule has 5 rings (SSSR count). The molecule has 2 aliphatic heterocycles. The van der Waals surface area contributed by atoms with E-state index in [4.69, 9.17) is 9.72 Å². The van der Waals surface area contributed by atoms with E-state index in [-0.39, 0.29) is 36.3 Å². The summed E-state index contributed by atoms with van der Waals surface area (Å²) < 4.78 is 30.5. The molecule has 164 valence electrons. The van der Waals surface area contributed by atoms with Crippen LogP contribution in [0, 0.1) is 0 Å². The lowest BCUT2D eigenvalue weighted by Gasteiger charge is -2.28. The molecule has 0 bridgehead atoms. The number of nitrogens with one attached hydrogen (secondary N) is 1. The molecule has 0 saturated carbocycles. The summed E-state index contributed by atoms with van der Waals surface area (Å²) >= 11 is 0. The number of hydrogen-bond acceptors (Lipinski definition) is 9. The van der Waals surface area contributed by atoms with Gasteiger partial charge in [-0.2, -0.15) is 5.10 Å². The third kappa shape index (κ3) is 3.85. The fourth-order valence-electron chi connectivity index (χ4n) is 3.71. The molecule has 3 aromatic heterocycles. The Hall–Kier alpha value is -3.06. The van der Waals surface area contributed by atoms with E-state index in [1.54, 1.807) is 10.9 Å². The van der Waals surface area contributed by atoms with Crippen LogP contribution in [-0.4, -0.2) is 99.8 Å². The Morgan fingerprint density at radius 1 is 1.10 bits per heavy atom. The summed E-state index contributed by atoms with van der Waals surface area (Å²) in [6, 6.07) is 0. The summed E-state index contributed by atoms with van der Waals surface area (Å²) in [6.45, 7) is 2.76. The molecule has 13 heteroatoms. The van der Waals surface area contributed by atoms with Crippen molar-refractivity contribution in [3.05, 3.63) is 18.2 Å². The molecule has 0 spiro atoms. The molecule has 3 aromatic rings. The number of carbonyl (C=O) groups is 1. The fourth-order valence-corrected chi connectivity index (χ4v) is 4.91. The number of imidazole rings is 1. The number of nitrogens with zero attached hydrogens (tertiary/aromatic N) is 7. The van der Waals surface area contributed by atoms with Crippen LogP contribution in [-0.2, 0) is 21.6 Å². The van der Waals surface area contributed by atoms with E-state index in [2.05, 4.69) is 25.0 Å². The first-order valence-corrected chi connectivity index (χ1v) is 11.8. The Morgan fingerprint density at radius 3 is 2.52 bits per heavy atom. The predicted molar refractivity (Wildman–Crippen MR) is 111 cm³/mol. The number of aryl methyl sites for hydroxylation is 1. The van der Waals surface area contributed by atoms with Crippen LogP contribution in [0.3, 0.4) is 0 Å². The number of ether oxygens (including phenoxy) is 1. The normalized spacial score (nSPS) is 19.1. The molecule has 5 heterocycles. The molecule has 1 N–H and O–H groups in total. The summed E-state index contributed by atoms with van der Waals surface area (Å²) in [6.07, 6.45) is 3.50. The number of carbonyl (C=O) groups excluding carboxylic acids is 1. The van der Waals surface area contributed by atoms with Crippen molar-refractivity contribution in [2.24, 2.45) is 7.05 Å². The second-order valence-corrected chi connectivity index (χ2v) is 9.90. The lowest BCUT2D eigenvalue weighted by molar-refractivity contribution is 0.0759. The summed E-state index contributed by atoms with van der Waals surface area (Å²) in [5.74, 6) is 0.814. The van der Waals surface area contributed by atoms with Crippen LogP contribution in [0.4, 0.5) is 5.82 Å². The molecule has 0 aromatic carbocycles. The van der Waals surface area contributed by atoms with Crippen LogP contribution in [0.25, 0.3) is 22.6 Å². The number of amides is 1. The van der Waals surface area contributed by atoms with Crippen molar-refractivity contribution in [2.45, 2.75) is 0 Å². The molecular weight excluding hydrogens is 424 g/mol. The number of anilines is 1. The van der Waals surface area contributed by atoms with Gasteiger partial charge in [-0.15, -0.1) is 0 Å². The van der Waals surface area contributed by atoms with Crippen LogP contribution < -0.4 is 4.90 Å². The molecule has 0 radical (unpaired) electrons. The van der Waals surface area contributed by atoms with Gasteiger partial charge in [0.15, 0.2) is 38.5 Å². The second kappa shape index (κ2) is 7.57. The van der Waals surface area contributed by atoms with Crippen molar-refractivity contribution >= 4 is 32.7 Å². The van der Waals surface area contributed by atoms with E-state index in [9.17, 15) is 13.2 Å². The van der Waals surface area contributed by atoms with E-state index >= 15 is 0 Å². The lowest BCUT2D eigenvalue weighted by atomic mass is 10.3. The van der Waals surface area contributed by atoms with Crippen LogP contribution in [0.15, 0.2) is 12.4 Å². The smallest absolute Gasteiger partial charge is 0.289 e. The van der Waals surface area contributed by atoms with E-state index in [0.29, 0.717) is 49.1 Å². The van der Waals surface area contributed by atoms with Crippen molar-refractivity contribution in [3.8, 4) is 11.4 Å². The highest BCUT2D eigenvalue weighted by molar-refractivity contribution is 7.91. The maximum Gasteiger partial charge on any atom is 0.289 e. The number of fused-ring (bicyclic) bond motifs is 1. The zero-order valence-corrected chi connectivity index (χ0v) is 17.8. The second-order valence-electron chi connectivity index (χ2n) is 7.60. The molecule has 2 saturated heterocycles. The van der Waals surface area contributed by atoms with Crippen molar-refractivity contribution in [3.63, 3.8) is 0 Å². The number of H-pyrrole nitrogens is 1. The highest BCUT2D eigenvalue weighted by Crippen LogP contribution is 2.27. The third-order valence-corrected chi connectivity index (χ3v) is 7.04. The average Bonchev–Trinajstić information content (AvgIpc) is 3.39. The van der Waals surface area contributed by atoms with E-state index < -0.39 is 9.84 Å². The summed E-state index contributed by atoms with van der Waals surface area (Å²) in [5, 5.41) is 4.19. The van der Waals surface area contributed by atoms with Gasteiger partial charge < -0.3 is 19.5 Å². The third-order valence-electron chi connectivity index (χ3n) is 5.43. The van der Waals surface area contributed by atoms with Gasteiger partial charge in [0.2, 0.25) is 0 Å². The fraction of sp³-hybridized carbons (Fsp3) is 0.500. The van der Waals surface area contributed by atoms with Crippen LogP contribution in [0.5, 0.6) is 0 Å². The Balaban J connectivity index is 1.55. The summed E-state index contributed by atoms with van der Waals surface area (Å²) in [4.78, 5) is 33.4. The standard InChI is InChI=1S/C18H22N8O4S/c1-24-11-12(10-19-24)14-21-15-13(17(23-14)25-2-6-30-7-3-25)20-16(22-15)18(27)26-4-8-31(28,29)9-5-26/h10-11H,2-9H2,1H3,(H,20,21,22,23). The van der Waals surface area contributed by atoms with Crippen molar-refractivity contribution in [1.82, 2.24) is 34.6 Å².